The molecule has 0 amide bonds. The minimum absolute atomic E-state index is 0.289. The van der Waals surface area contributed by atoms with Crippen molar-refractivity contribution in [3.8, 4) is 11.1 Å². The smallest absolute Gasteiger partial charge is 0.335 e. The van der Waals surface area contributed by atoms with Crippen molar-refractivity contribution in [2.24, 2.45) is 0 Å². The van der Waals surface area contributed by atoms with E-state index in [4.69, 9.17) is 16.7 Å². The molecule has 1 N–H and O–H groups in total. The van der Waals surface area contributed by atoms with Gasteiger partial charge >= 0.3 is 5.97 Å². The van der Waals surface area contributed by atoms with E-state index in [-0.39, 0.29) is 5.56 Å². The zero-order valence-corrected chi connectivity index (χ0v) is 10.0. The number of rotatable bonds is 2. The molecule has 0 aliphatic carbocycles. The molecule has 0 atom stereocenters. The molecule has 0 saturated carbocycles. The van der Waals surface area contributed by atoms with Crippen LogP contribution in [-0.2, 0) is 0 Å². The summed E-state index contributed by atoms with van der Waals surface area (Å²) >= 11 is 5.89. The van der Waals surface area contributed by atoms with E-state index in [2.05, 4.69) is 0 Å². The van der Waals surface area contributed by atoms with Crippen LogP contribution in [0.1, 0.15) is 15.9 Å². The van der Waals surface area contributed by atoms with Crippen molar-refractivity contribution in [1.29, 1.82) is 0 Å². The SMILES string of the molecule is Cc1cc(Cl)ccc1-c1cccc(C(=O)O)c1. The van der Waals surface area contributed by atoms with Crippen molar-refractivity contribution in [2.75, 3.05) is 0 Å². The Morgan fingerprint density at radius 1 is 1.18 bits per heavy atom. The van der Waals surface area contributed by atoms with Crippen LogP contribution < -0.4 is 0 Å². The van der Waals surface area contributed by atoms with E-state index >= 15 is 0 Å². The lowest BCUT2D eigenvalue weighted by molar-refractivity contribution is 0.0697. The summed E-state index contributed by atoms with van der Waals surface area (Å²) in [6, 6.07) is 12.4. The fraction of sp³-hybridized carbons (Fsp3) is 0.0714. The minimum Gasteiger partial charge on any atom is -0.478 e. The highest BCUT2D eigenvalue weighted by Gasteiger charge is 2.06. The van der Waals surface area contributed by atoms with E-state index in [1.807, 2.05) is 25.1 Å². The molecular weight excluding hydrogens is 236 g/mol. The van der Waals surface area contributed by atoms with Gasteiger partial charge in [-0.3, -0.25) is 0 Å². The molecule has 2 nitrogen and oxygen atoms in total. The fourth-order valence-corrected chi connectivity index (χ4v) is 2.00. The summed E-state index contributed by atoms with van der Waals surface area (Å²) in [5.74, 6) is -0.918. The highest BCUT2D eigenvalue weighted by molar-refractivity contribution is 6.30. The molecule has 0 aliphatic heterocycles. The average molecular weight is 247 g/mol. The van der Waals surface area contributed by atoms with Crippen molar-refractivity contribution in [1.82, 2.24) is 0 Å². The van der Waals surface area contributed by atoms with Crippen LogP contribution in [0, 0.1) is 6.92 Å². The molecule has 0 bridgehead atoms. The molecule has 0 heterocycles. The number of aromatic carboxylic acids is 1. The Balaban J connectivity index is 2.53. The van der Waals surface area contributed by atoms with Crippen LogP contribution in [-0.4, -0.2) is 11.1 Å². The second-order valence-electron chi connectivity index (χ2n) is 3.85. The van der Waals surface area contributed by atoms with Crippen LogP contribution in [0.4, 0.5) is 0 Å². The predicted molar refractivity (Wildman–Crippen MR) is 68.6 cm³/mol. The molecule has 0 radical (unpaired) electrons. The number of hydrogen-bond donors (Lipinski definition) is 1. The lowest BCUT2D eigenvalue weighted by Crippen LogP contribution is -1.96. The monoisotopic (exact) mass is 246 g/mol. The molecule has 0 unspecified atom stereocenters. The van der Waals surface area contributed by atoms with Gasteiger partial charge in [-0.2, -0.15) is 0 Å². The van der Waals surface area contributed by atoms with Crippen molar-refractivity contribution < 1.29 is 9.90 Å². The molecule has 0 aromatic heterocycles. The number of carboxylic acids is 1. The van der Waals surface area contributed by atoms with Crippen molar-refractivity contribution >= 4 is 17.6 Å². The van der Waals surface area contributed by atoms with Crippen LogP contribution >= 0.6 is 11.6 Å². The standard InChI is InChI=1S/C14H11ClO2/c1-9-7-12(15)5-6-13(9)10-3-2-4-11(8-10)14(16)17/h2-8H,1H3,(H,16,17). The summed E-state index contributed by atoms with van der Waals surface area (Å²) in [6.45, 7) is 1.95. The summed E-state index contributed by atoms with van der Waals surface area (Å²) < 4.78 is 0. The van der Waals surface area contributed by atoms with Gasteiger partial charge < -0.3 is 5.11 Å². The van der Waals surface area contributed by atoms with Crippen molar-refractivity contribution in [2.45, 2.75) is 6.92 Å². The third-order valence-electron chi connectivity index (χ3n) is 2.61. The van der Waals surface area contributed by atoms with Crippen LogP contribution in [0.3, 0.4) is 0 Å². The first-order valence-corrected chi connectivity index (χ1v) is 5.55. The van der Waals surface area contributed by atoms with E-state index in [1.165, 1.54) is 0 Å². The zero-order chi connectivity index (χ0) is 12.4. The Hall–Kier alpha value is -1.80. The van der Waals surface area contributed by atoms with Gasteiger partial charge in [0.2, 0.25) is 0 Å². The Morgan fingerprint density at radius 2 is 1.94 bits per heavy atom. The first kappa shape index (κ1) is 11.7. The topological polar surface area (TPSA) is 37.3 Å². The molecular formula is C14H11ClO2. The largest absolute Gasteiger partial charge is 0.478 e. The Labute approximate surface area is 104 Å². The lowest BCUT2D eigenvalue weighted by Gasteiger charge is -2.07. The van der Waals surface area contributed by atoms with Crippen LogP contribution in [0.5, 0.6) is 0 Å². The molecule has 0 spiro atoms. The summed E-state index contributed by atoms with van der Waals surface area (Å²) in [7, 11) is 0. The maximum Gasteiger partial charge on any atom is 0.335 e. The summed E-state index contributed by atoms with van der Waals surface area (Å²) in [5, 5.41) is 9.63. The number of carbonyl (C=O) groups is 1. The van der Waals surface area contributed by atoms with Gasteiger partial charge in [-0.05, 0) is 47.9 Å². The van der Waals surface area contributed by atoms with Crippen LogP contribution in [0.25, 0.3) is 11.1 Å². The quantitative estimate of drug-likeness (QED) is 0.869. The third-order valence-corrected chi connectivity index (χ3v) is 2.84. The summed E-state index contributed by atoms with van der Waals surface area (Å²) in [4.78, 5) is 10.9. The maximum atomic E-state index is 10.9. The van der Waals surface area contributed by atoms with Crippen LogP contribution in [0.15, 0.2) is 42.5 Å². The molecule has 3 heteroatoms. The van der Waals surface area contributed by atoms with Gasteiger partial charge in [-0.25, -0.2) is 4.79 Å². The zero-order valence-electron chi connectivity index (χ0n) is 9.27. The highest BCUT2D eigenvalue weighted by Crippen LogP contribution is 2.26. The predicted octanol–water partition coefficient (Wildman–Crippen LogP) is 4.01. The molecule has 0 fully saturated rings. The van der Waals surface area contributed by atoms with Gasteiger partial charge in [-0.15, -0.1) is 0 Å². The van der Waals surface area contributed by atoms with Gasteiger partial charge in [0.15, 0.2) is 0 Å². The highest BCUT2D eigenvalue weighted by atomic mass is 35.5. The lowest BCUT2D eigenvalue weighted by atomic mass is 9.99. The van der Waals surface area contributed by atoms with Gasteiger partial charge in [-0.1, -0.05) is 29.8 Å². The molecule has 2 aromatic carbocycles. The molecule has 86 valence electrons. The fourth-order valence-electron chi connectivity index (χ4n) is 1.77. The normalized spacial score (nSPS) is 10.2. The number of hydrogen-bond acceptors (Lipinski definition) is 1. The van der Waals surface area contributed by atoms with Gasteiger partial charge in [0.1, 0.15) is 0 Å². The van der Waals surface area contributed by atoms with Gasteiger partial charge in [0.05, 0.1) is 5.56 Å². The second-order valence-corrected chi connectivity index (χ2v) is 4.28. The number of aryl methyl sites for hydroxylation is 1. The van der Waals surface area contributed by atoms with Gasteiger partial charge in [0, 0.05) is 5.02 Å². The molecule has 0 aliphatic rings. The first-order chi connectivity index (χ1) is 8.08. The van der Waals surface area contributed by atoms with E-state index in [0.29, 0.717) is 5.02 Å². The second kappa shape index (κ2) is 4.60. The molecule has 2 aromatic rings. The van der Waals surface area contributed by atoms with Gasteiger partial charge in [0.25, 0.3) is 0 Å². The Kier molecular flexibility index (Phi) is 3.16. The number of benzene rings is 2. The summed E-state index contributed by atoms with van der Waals surface area (Å²) in [6.07, 6.45) is 0. The van der Waals surface area contributed by atoms with E-state index in [0.717, 1.165) is 16.7 Å². The molecule has 2 rings (SSSR count). The van der Waals surface area contributed by atoms with Crippen molar-refractivity contribution in [3.63, 3.8) is 0 Å². The number of halogens is 1. The Bertz CT molecular complexity index is 576. The molecule has 17 heavy (non-hydrogen) atoms. The molecule has 0 saturated heterocycles. The van der Waals surface area contributed by atoms with E-state index in [1.54, 1.807) is 24.3 Å². The van der Waals surface area contributed by atoms with Crippen molar-refractivity contribution in [3.05, 3.63) is 58.6 Å². The Morgan fingerprint density at radius 3 is 2.59 bits per heavy atom. The first-order valence-electron chi connectivity index (χ1n) is 5.18. The van der Waals surface area contributed by atoms with E-state index < -0.39 is 5.97 Å². The number of carboxylic acid groups (broad SMARTS) is 1. The maximum absolute atomic E-state index is 10.9. The summed E-state index contributed by atoms with van der Waals surface area (Å²) in [5.41, 5.74) is 3.20. The average Bonchev–Trinajstić information content (AvgIpc) is 2.29. The van der Waals surface area contributed by atoms with E-state index in [9.17, 15) is 4.79 Å². The van der Waals surface area contributed by atoms with Crippen LogP contribution in [0.2, 0.25) is 5.02 Å². The third kappa shape index (κ3) is 2.48. The minimum atomic E-state index is -0.918.